The van der Waals surface area contributed by atoms with E-state index < -0.39 is 0 Å². The van der Waals surface area contributed by atoms with E-state index >= 15 is 0 Å². The van der Waals surface area contributed by atoms with Gasteiger partial charge in [-0.05, 0) is 48.4 Å². The molecule has 0 spiro atoms. The fraction of sp³-hybridized carbons (Fsp3) is 0.647. The second-order valence-corrected chi connectivity index (χ2v) is 7.03. The van der Waals surface area contributed by atoms with Gasteiger partial charge in [0.25, 0.3) is 0 Å². The van der Waals surface area contributed by atoms with Gasteiger partial charge in [-0.2, -0.15) is 0 Å². The van der Waals surface area contributed by atoms with E-state index in [2.05, 4.69) is 62.6 Å². The van der Waals surface area contributed by atoms with E-state index in [0.29, 0.717) is 17.3 Å². The smallest absolute Gasteiger partial charge is 0.0372 e. The summed E-state index contributed by atoms with van der Waals surface area (Å²) in [6.45, 7) is 12.6. The van der Waals surface area contributed by atoms with Gasteiger partial charge in [0.2, 0.25) is 0 Å². The maximum Gasteiger partial charge on any atom is 0.0372 e. The molecule has 0 amide bonds. The Labute approximate surface area is 118 Å². The highest BCUT2D eigenvalue weighted by molar-refractivity contribution is 5.53. The number of rotatable bonds is 4. The molecule has 1 aliphatic rings. The predicted molar refractivity (Wildman–Crippen MR) is 83.6 cm³/mol. The van der Waals surface area contributed by atoms with Gasteiger partial charge >= 0.3 is 0 Å². The summed E-state index contributed by atoms with van der Waals surface area (Å²) in [6, 6.07) is 8.67. The molecule has 1 aromatic rings. The van der Waals surface area contributed by atoms with Crippen molar-refractivity contribution in [1.29, 1.82) is 0 Å². The summed E-state index contributed by atoms with van der Waals surface area (Å²) < 4.78 is 0. The van der Waals surface area contributed by atoms with Crippen LogP contribution in [0.2, 0.25) is 0 Å². The molecule has 0 aliphatic carbocycles. The molecule has 0 saturated heterocycles. The minimum Gasteiger partial charge on any atom is -0.384 e. The van der Waals surface area contributed by atoms with Crippen molar-refractivity contribution in [3.63, 3.8) is 0 Å². The van der Waals surface area contributed by atoms with Crippen molar-refractivity contribution in [1.82, 2.24) is 5.32 Å². The summed E-state index contributed by atoms with van der Waals surface area (Å²) in [6.07, 6.45) is 1.19. The third-order valence-electron chi connectivity index (χ3n) is 4.47. The van der Waals surface area contributed by atoms with Crippen molar-refractivity contribution in [3.05, 3.63) is 29.8 Å². The lowest BCUT2D eigenvalue weighted by molar-refractivity contribution is 0.249. The molecular formula is C17H28N2. The Morgan fingerprint density at radius 3 is 2.79 bits per heavy atom. The van der Waals surface area contributed by atoms with E-state index in [1.807, 2.05) is 0 Å². The van der Waals surface area contributed by atoms with Crippen LogP contribution in [0.5, 0.6) is 0 Å². The average Bonchev–Trinajstić information content (AvgIpc) is 2.37. The van der Waals surface area contributed by atoms with Gasteiger partial charge in [0.05, 0.1) is 0 Å². The van der Waals surface area contributed by atoms with Gasteiger partial charge in [-0.25, -0.2) is 0 Å². The Balaban J connectivity index is 1.77. The van der Waals surface area contributed by atoms with E-state index in [-0.39, 0.29) is 0 Å². The van der Waals surface area contributed by atoms with Crippen LogP contribution in [0.25, 0.3) is 0 Å². The number of hydrogen-bond donors (Lipinski definition) is 2. The average molecular weight is 260 g/mol. The zero-order valence-corrected chi connectivity index (χ0v) is 12.8. The monoisotopic (exact) mass is 260 g/mol. The van der Waals surface area contributed by atoms with Crippen molar-refractivity contribution in [2.45, 2.75) is 34.1 Å². The number of nitrogens with one attached hydrogen (secondary N) is 2. The van der Waals surface area contributed by atoms with Crippen molar-refractivity contribution in [3.8, 4) is 0 Å². The van der Waals surface area contributed by atoms with Gasteiger partial charge in [0.15, 0.2) is 0 Å². The number of anilines is 1. The molecule has 1 aromatic carbocycles. The quantitative estimate of drug-likeness (QED) is 0.865. The number of hydrogen-bond acceptors (Lipinski definition) is 2. The van der Waals surface area contributed by atoms with Crippen molar-refractivity contribution in [2.24, 2.45) is 17.3 Å². The predicted octanol–water partition coefficient (Wildman–Crippen LogP) is 3.54. The van der Waals surface area contributed by atoms with E-state index in [1.165, 1.54) is 17.7 Å². The molecule has 0 bridgehead atoms. The van der Waals surface area contributed by atoms with Crippen LogP contribution in [-0.2, 0) is 6.42 Å². The largest absolute Gasteiger partial charge is 0.384 e. The molecule has 2 rings (SSSR count). The highest BCUT2D eigenvalue weighted by atomic mass is 14.9. The second kappa shape index (κ2) is 5.96. The van der Waals surface area contributed by atoms with E-state index in [4.69, 9.17) is 0 Å². The number of fused-ring (bicyclic) bond motifs is 1. The van der Waals surface area contributed by atoms with Crippen LogP contribution < -0.4 is 10.6 Å². The van der Waals surface area contributed by atoms with Gasteiger partial charge in [0.1, 0.15) is 0 Å². The zero-order chi connectivity index (χ0) is 13.9. The molecule has 2 N–H and O–H groups in total. The maximum atomic E-state index is 3.65. The fourth-order valence-corrected chi connectivity index (χ4v) is 2.46. The van der Waals surface area contributed by atoms with Crippen LogP contribution >= 0.6 is 0 Å². The summed E-state index contributed by atoms with van der Waals surface area (Å²) in [4.78, 5) is 0. The highest BCUT2D eigenvalue weighted by Crippen LogP contribution is 2.25. The summed E-state index contributed by atoms with van der Waals surface area (Å²) in [5.41, 5.74) is 3.18. The highest BCUT2D eigenvalue weighted by Gasteiger charge is 2.21. The van der Waals surface area contributed by atoms with Gasteiger partial charge < -0.3 is 10.6 Å². The molecule has 1 heterocycles. The Morgan fingerprint density at radius 1 is 1.32 bits per heavy atom. The first-order valence-electron chi connectivity index (χ1n) is 7.49. The standard InChI is InChI=1S/C17H28N2/c1-13(17(2,3)4)10-18-11-14-9-15-7-5-6-8-16(15)19-12-14/h5-8,13-14,18-19H,9-12H2,1-4H3. The fourth-order valence-electron chi connectivity index (χ4n) is 2.46. The molecule has 0 radical (unpaired) electrons. The first-order chi connectivity index (χ1) is 8.97. The van der Waals surface area contributed by atoms with Crippen LogP contribution in [0.3, 0.4) is 0 Å². The number of benzene rings is 1. The Kier molecular flexibility index (Phi) is 4.51. The van der Waals surface area contributed by atoms with Crippen LogP contribution in [0.4, 0.5) is 5.69 Å². The summed E-state index contributed by atoms with van der Waals surface area (Å²) in [5, 5.41) is 7.19. The molecular weight excluding hydrogens is 232 g/mol. The topological polar surface area (TPSA) is 24.1 Å². The van der Waals surface area contributed by atoms with Gasteiger partial charge in [-0.3, -0.25) is 0 Å². The first-order valence-corrected chi connectivity index (χ1v) is 7.49. The van der Waals surface area contributed by atoms with E-state index in [0.717, 1.165) is 19.6 Å². The molecule has 2 unspecified atom stereocenters. The lowest BCUT2D eigenvalue weighted by atomic mass is 9.82. The van der Waals surface area contributed by atoms with Crippen LogP contribution in [0, 0.1) is 17.3 Å². The lowest BCUT2D eigenvalue weighted by Crippen LogP contribution is -2.36. The Morgan fingerprint density at radius 2 is 2.05 bits per heavy atom. The normalized spacial score (nSPS) is 20.5. The SMILES string of the molecule is CC(CNCC1CNc2ccccc2C1)C(C)(C)C. The minimum atomic E-state index is 0.393. The molecule has 0 fully saturated rings. The minimum absolute atomic E-state index is 0.393. The van der Waals surface area contributed by atoms with Crippen molar-refractivity contribution < 1.29 is 0 Å². The lowest BCUT2D eigenvalue weighted by Gasteiger charge is -2.30. The summed E-state index contributed by atoms with van der Waals surface area (Å²) >= 11 is 0. The van der Waals surface area contributed by atoms with Gasteiger partial charge in [-0.15, -0.1) is 0 Å². The zero-order valence-electron chi connectivity index (χ0n) is 12.8. The van der Waals surface area contributed by atoms with Crippen LogP contribution in [-0.4, -0.2) is 19.6 Å². The van der Waals surface area contributed by atoms with Crippen molar-refractivity contribution in [2.75, 3.05) is 25.0 Å². The third kappa shape index (κ3) is 3.97. The van der Waals surface area contributed by atoms with Crippen molar-refractivity contribution >= 4 is 5.69 Å². The molecule has 2 nitrogen and oxygen atoms in total. The summed E-state index contributed by atoms with van der Waals surface area (Å²) in [7, 11) is 0. The number of para-hydroxylation sites is 1. The van der Waals surface area contributed by atoms with Crippen LogP contribution in [0.15, 0.2) is 24.3 Å². The molecule has 0 aromatic heterocycles. The molecule has 1 aliphatic heterocycles. The molecule has 2 heteroatoms. The van der Waals surface area contributed by atoms with E-state index in [1.54, 1.807) is 0 Å². The maximum absolute atomic E-state index is 3.65. The molecule has 106 valence electrons. The Hall–Kier alpha value is -1.02. The third-order valence-corrected chi connectivity index (χ3v) is 4.47. The first kappa shape index (κ1) is 14.4. The molecule has 0 saturated carbocycles. The second-order valence-electron chi connectivity index (χ2n) is 7.03. The summed E-state index contributed by atoms with van der Waals surface area (Å²) in [5.74, 6) is 1.42. The van der Waals surface area contributed by atoms with Gasteiger partial charge in [0, 0.05) is 12.2 Å². The molecule has 2 atom stereocenters. The van der Waals surface area contributed by atoms with Gasteiger partial charge in [-0.1, -0.05) is 45.9 Å². The Bertz CT molecular complexity index is 406. The van der Waals surface area contributed by atoms with Crippen LogP contribution in [0.1, 0.15) is 33.3 Å². The van der Waals surface area contributed by atoms with E-state index in [9.17, 15) is 0 Å². The molecule has 19 heavy (non-hydrogen) atoms.